The van der Waals surface area contributed by atoms with Crippen molar-refractivity contribution in [3.8, 4) is 0 Å². The van der Waals surface area contributed by atoms with E-state index in [1.165, 1.54) is 0 Å². The molecular weight excluding hydrogens is 272 g/mol. The number of carbonyl (C=O) groups is 2. The molecule has 0 aromatic heterocycles. The van der Waals surface area contributed by atoms with Crippen LogP contribution in [0.2, 0.25) is 0 Å². The first-order valence-corrected chi connectivity index (χ1v) is 7.39. The molecule has 1 fully saturated rings. The molecule has 0 radical (unpaired) electrons. The Labute approximate surface area is 128 Å². The number of hydrogen-bond acceptors (Lipinski definition) is 6. The van der Waals surface area contributed by atoms with Crippen LogP contribution in [0.3, 0.4) is 0 Å². The number of esters is 1. The van der Waals surface area contributed by atoms with Crippen molar-refractivity contribution >= 4 is 12.4 Å². The highest BCUT2D eigenvalue weighted by Crippen LogP contribution is 2.16. The van der Waals surface area contributed by atoms with E-state index in [1.807, 2.05) is 41.5 Å². The zero-order valence-corrected chi connectivity index (χ0v) is 14.2. The van der Waals surface area contributed by atoms with Crippen LogP contribution in [0.1, 0.15) is 41.5 Å². The monoisotopic (exact) mass is 302 g/mol. The van der Waals surface area contributed by atoms with Gasteiger partial charge in [-0.2, -0.15) is 0 Å². The fraction of sp³-hybridized carbons (Fsp3) is 0.867. The molecule has 0 saturated carbocycles. The third-order valence-electron chi connectivity index (χ3n) is 3.08. The third kappa shape index (κ3) is 8.02. The number of nitrogens with zero attached hydrogens (tertiary/aromatic N) is 1. The van der Waals surface area contributed by atoms with Gasteiger partial charge in [-0.3, -0.25) is 14.5 Å². The Morgan fingerprint density at radius 2 is 1.71 bits per heavy atom. The van der Waals surface area contributed by atoms with Crippen molar-refractivity contribution in [3.63, 3.8) is 0 Å². The summed E-state index contributed by atoms with van der Waals surface area (Å²) in [6, 6.07) is 0. The zero-order chi connectivity index (χ0) is 16.5. The van der Waals surface area contributed by atoms with Crippen LogP contribution in [-0.4, -0.2) is 61.3 Å². The van der Waals surface area contributed by atoms with Crippen LogP contribution in [0.4, 0.5) is 0 Å². The Morgan fingerprint density at radius 3 is 2.05 bits per heavy atom. The average molecular weight is 302 g/mol. The van der Waals surface area contributed by atoms with Gasteiger partial charge in [-0.1, -0.05) is 0 Å². The van der Waals surface area contributed by atoms with E-state index < -0.39 is 5.54 Å². The van der Waals surface area contributed by atoms with Gasteiger partial charge in [0, 0.05) is 26.2 Å². The number of ether oxygens (including phenoxy) is 2. The molecule has 0 bridgehead atoms. The molecule has 0 aromatic rings. The van der Waals surface area contributed by atoms with Crippen molar-refractivity contribution in [3.05, 3.63) is 0 Å². The summed E-state index contributed by atoms with van der Waals surface area (Å²) in [5.74, 6) is -0.123. The first kappa shape index (κ1) is 19.9. The second-order valence-corrected chi connectivity index (χ2v) is 6.34. The fourth-order valence-electron chi connectivity index (χ4n) is 1.80. The summed E-state index contributed by atoms with van der Waals surface area (Å²) in [4.78, 5) is 23.4. The lowest BCUT2D eigenvalue weighted by atomic mass is 10.0. The SMILES string of the molecule is CC(C)(C)OC=O.CCOC(=O)C(C)(C)N1CCNCC1. The molecule has 0 atom stereocenters. The molecule has 6 nitrogen and oxygen atoms in total. The summed E-state index contributed by atoms with van der Waals surface area (Å²) < 4.78 is 9.61. The van der Waals surface area contributed by atoms with Crippen molar-refractivity contribution < 1.29 is 19.1 Å². The van der Waals surface area contributed by atoms with Crippen molar-refractivity contribution in [1.82, 2.24) is 10.2 Å². The van der Waals surface area contributed by atoms with E-state index in [2.05, 4.69) is 15.0 Å². The predicted molar refractivity (Wildman–Crippen MR) is 82.1 cm³/mol. The van der Waals surface area contributed by atoms with E-state index in [0.29, 0.717) is 13.1 Å². The molecule has 1 N–H and O–H groups in total. The normalized spacial score (nSPS) is 16.5. The molecule has 21 heavy (non-hydrogen) atoms. The first-order chi connectivity index (χ1) is 9.65. The van der Waals surface area contributed by atoms with Crippen LogP contribution >= 0.6 is 0 Å². The van der Waals surface area contributed by atoms with Gasteiger partial charge in [-0.25, -0.2) is 0 Å². The van der Waals surface area contributed by atoms with Crippen molar-refractivity contribution in [1.29, 1.82) is 0 Å². The minimum atomic E-state index is -0.488. The summed E-state index contributed by atoms with van der Waals surface area (Å²) in [7, 11) is 0. The highest BCUT2D eigenvalue weighted by Gasteiger charge is 2.36. The van der Waals surface area contributed by atoms with Gasteiger partial charge < -0.3 is 14.8 Å². The van der Waals surface area contributed by atoms with Crippen molar-refractivity contribution in [2.24, 2.45) is 0 Å². The topological polar surface area (TPSA) is 67.9 Å². The van der Waals surface area contributed by atoms with Gasteiger partial charge in [0.1, 0.15) is 11.1 Å². The highest BCUT2D eigenvalue weighted by atomic mass is 16.5. The summed E-state index contributed by atoms with van der Waals surface area (Å²) in [5, 5.41) is 3.26. The molecule has 1 saturated heterocycles. The smallest absolute Gasteiger partial charge is 0.325 e. The lowest BCUT2D eigenvalue weighted by molar-refractivity contribution is -0.156. The van der Waals surface area contributed by atoms with Crippen LogP contribution in [0.5, 0.6) is 0 Å². The number of hydrogen-bond donors (Lipinski definition) is 1. The Hall–Kier alpha value is -1.14. The standard InChI is InChI=1S/C10H20N2O2.C5H10O2/c1-4-14-9(13)10(2,3)12-7-5-11-6-8-12;1-5(2,3)7-4-6/h11H,4-8H2,1-3H3;4H,1-3H3. The summed E-state index contributed by atoms with van der Waals surface area (Å²) in [6.45, 7) is 15.8. The molecule has 0 amide bonds. The average Bonchev–Trinajstić information content (AvgIpc) is 2.39. The number of rotatable bonds is 4. The Morgan fingerprint density at radius 1 is 1.19 bits per heavy atom. The van der Waals surface area contributed by atoms with Crippen molar-refractivity contribution in [2.45, 2.75) is 52.7 Å². The summed E-state index contributed by atoms with van der Waals surface area (Å²) >= 11 is 0. The maximum absolute atomic E-state index is 11.7. The molecule has 0 aliphatic carbocycles. The van der Waals surface area contributed by atoms with Crippen LogP contribution < -0.4 is 5.32 Å². The van der Waals surface area contributed by atoms with Crippen LogP contribution in [-0.2, 0) is 19.1 Å². The Bertz CT molecular complexity index is 318. The molecule has 124 valence electrons. The van der Waals surface area contributed by atoms with E-state index in [1.54, 1.807) is 0 Å². The van der Waals surface area contributed by atoms with Crippen LogP contribution in [0, 0.1) is 0 Å². The molecule has 1 heterocycles. The van der Waals surface area contributed by atoms with E-state index in [-0.39, 0.29) is 11.6 Å². The molecule has 0 unspecified atom stereocenters. The summed E-state index contributed by atoms with van der Waals surface area (Å²) in [5.41, 5.74) is -0.806. The minimum Gasteiger partial charge on any atom is -0.465 e. The van der Waals surface area contributed by atoms with E-state index in [0.717, 1.165) is 26.2 Å². The zero-order valence-electron chi connectivity index (χ0n) is 14.2. The molecule has 6 heteroatoms. The first-order valence-electron chi connectivity index (χ1n) is 7.39. The minimum absolute atomic E-state index is 0.123. The molecule has 1 rings (SSSR count). The van der Waals surface area contributed by atoms with Gasteiger partial charge in [0.15, 0.2) is 0 Å². The number of nitrogens with one attached hydrogen (secondary N) is 1. The summed E-state index contributed by atoms with van der Waals surface area (Å²) in [6.07, 6.45) is 0. The highest BCUT2D eigenvalue weighted by molar-refractivity contribution is 5.79. The second-order valence-electron chi connectivity index (χ2n) is 6.34. The van der Waals surface area contributed by atoms with Gasteiger partial charge in [0.2, 0.25) is 0 Å². The van der Waals surface area contributed by atoms with Gasteiger partial charge in [-0.15, -0.1) is 0 Å². The Kier molecular flexibility index (Phi) is 8.51. The fourth-order valence-corrected chi connectivity index (χ4v) is 1.80. The maximum Gasteiger partial charge on any atom is 0.325 e. The maximum atomic E-state index is 11.7. The van der Waals surface area contributed by atoms with Gasteiger partial charge in [0.25, 0.3) is 6.47 Å². The molecule has 0 aromatic carbocycles. The van der Waals surface area contributed by atoms with E-state index in [9.17, 15) is 9.59 Å². The number of piperazine rings is 1. The molecular formula is C15H30N2O4. The quantitative estimate of drug-likeness (QED) is 0.621. The van der Waals surface area contributed by atoms with Crippen molar-refractivity contribution in [2.75, 3.05) is 32.8 Å². The number of carbonyl (C=O) groups excluding carboxylic acids is 2. The largest absolute Gasteiger partial charge is 0.465 e. The van der Waals surface area contributed by atoms with E-state index in [4.69, 9.17) is 4.74 Å². The molecule has 0 spiro atoms. The van der Waals surface area contributed by atoms with Crippen LogP contribution in [0.15, 0.2) is 0 Å². The lowest BCUT2D eigenvalue weighted by Crippen LogP contribution is -2.57. The van der Waals surface area contributed by atoms with Gasteiger partial charge in [0.05, 0.1) is 6.61 Å². The van der Waals surface area contributed by atoms with Crippen LogP contribution in [0.25, 0.3) is 0 Å². The Balaban J connectivity index is 0.000000486. The second kappa shape index (κ2) is 9.00. The third-order valence-corrected chi connectivity index (χ3v) is 3.08. The molecule has 1 aliphatic heterocycles. The lowest BCUT2D eigenvalue weighted by Gasteiger charge is -2.38. The van der Waals surface area contributed by atoms with Gasteiger partial charge in [-0.05, 0) is 41.5 Å². The van der Waals surface area contributed by atoms with E-state index >= 15 is 0 Å². The van der Waals surface area contributed by atoms with Gasteiger partial charge >= 0.3 is 5.97 Å². The molecule has 1 aliphatic rings. The predicted octanol–water partition coefficient (Wildman–Crippen LogP) is 1.19.